The van der Waals surface area contributed by atoms with Gasteiger partial charge in [-0.05, 0) is 26.8 Å². The van der Waals surface area contributed by atoms with E-state index in [9.17, 15) is 4.39 Å². The van der Waals surface area contributed by atoms with Gasteiger partial charge in [-0.2, -0.15) is 0 Å². The fraction of sp³-hybridized carbons (Fsp3) is 0.615. The number of rotatable bonds is 2. The van der Waals surface area contributed by atoms with Gasteiger partial charge in [-0.3, -0.25) is 0 Å². The van der Waals surface area contributed by atoms with Gasteiger partial charge in [-0.25, -0.2) is 9.37 Å². The molecule has 0 spiro atoms. The van der Waals surface area contributed by atoms with Crippen molar-refractivity contribution in [2.45, 2.75) is 39.0 Å². The summed E-state index contributed by atoms with van der Waals surface area (Å²) in [5, 5.41) is 0. The number of anilines is 1. The summed E-state index contributed by atoms with van der Waals surface area (Å²) in [6, 6.07) is 1.45. The number of hydrogen-bond donors (Lipinski definition) is 1. The first-order chi connectivity index (χ1) is 8.41. The van der Waals surface area contributed by atoms with Gasteiger partial charge in [0.25, 0.3) is 0 Å². The molecule has 1 aromatic rings. The van der Waals surface area contributed by atoms with E-state index in [4.69, 9.17) is 10.5 Å². The second kappa shape index (κ2) is 4.82. The lowest BCUT2D eigenvalue weighted by molar-refractivity contribution is -0.0752. The van der Waals surface area contributed by atoms with E-state index in [-0.39, 0.29) is 24.1 Å². The molecule has 0 saturated carbocycles. The highest BCUT2D eigenvalue weighted by Gasteiger charge is 2.32. The minimum atomic E-state index is -0.347. The summed E-state index contributed by atoms with van der Waals surface area (Å²) in [6.07, 6.45) is 1.35. The van der Waals surface area contributed by atoms with Crippen LogP contribution in [0.2, 0.25) is 0 Å². The van der Waals surface area contributed by atoms with Crippen LogP contribution in [0.3, 0.4) is 0 Å². The Morgan fingerprint density at radius 2 is 2.33 bits per heavy atom. The van der Waals surface area contributed by atoms with Gasteiger partial charge in [0, 0.05) is 25.2 Å². The van der Waals surface area contributed by atoms with Crippen LogP contribution in [0.1, 0.15) is 26.3 Å². The van der Waals surface area contributed by atoms with Crippen LogP contribution < -0.4 is 10.6 Å². The second-order valence-corrected chi connectivity index (χ2v) is 5.41. The molecule has 0 bridgehead atoms. The molecule has 100 valence electrons. The average molecular weight is 253 g/mol. The summed E-state index contributed by atoms with van der Waals surface area (Å²) in [4.78, 5) is 6.31. The number of hydrogen-bond acceptors (Lipinski definition) is 4. The molecular formula is C13H20FN3O. The maximum absolute atomic E-state index is 13.2. The Morgan fingerprint density at radius 1 is 1.61 bits per heavy atom. The van der Waals surface area contributed by atoms with Crippen molar-refractivity contribution in [1.29, 1.82) is 0 Å². The molecule has 2 N–H and O–H groups in total. The van der Waals surface area contributed by atoms with Gasteiger partial charge >= 0.3 is 0 Å². The van der Waals surface area contributed by atoms with E-state index in [2.05, 4.69) is 9.88 Å². The van der Waals surface area contributed by atoms with Gasteiger partial charge in [-0.1, -0.05) is 0 Å². The monoisotopic (exact) mass is 253 g/mol. The number of halogens is 1. The van der Waals surface area contributed by atoms with Gasteiger partial charge < -0.3 is 15.4 Å². The average Bonchev–Trinajstić information content (AvgIpc) is 2.25. The molecule has 1 aliphatic heterocycles. The Labute approximate surface area is 107 Å². The first-order valence-electron chi connectivity index (χ1n) is 6.18. The van der Waals surface area contributed by atoms with Crippen molar-refractivity contribution in [1.82, 2.24) is 4.98 Å². The van der Waals surface area contributed by atoms with Gasteiger partial charge in [0.2, 0.25) is 0 Å². The Morgan fingerprint density at radius 3 is 2.94 bits per heavy atom. The van der Waals surface area contributed by atoms with Crippen LogP contribution in [0.4, 0.5) is 10.2 Å². The molecule has 2 heterocycles. The fourth-order valence-corrected chi connectivity index (χ4v) is 2.52. The molecule has 1 fully saturated rings. The standard InChI is InChI=1S/C13H20FN3O/c1-9-7-17(8-13(2,3)18-9)12-10(5-15)4-11(14)6-16-12/h4,6,9H,5,7-8,15H2,1-3H3. The highest BCUT2D eigenvalue weighted by atomic mass is 19.1. The number of pyridine rings is 1. The molecule has 5 heteroatoms. The van der Waals surface area contributed by atoms with Gasteiger partial charge in [0.15, 0.2) is 0 Å². The summed E-state index contributed by atoms with van der Waals surface area (Å²) in [5.41, 5.74) is 6.16. The second-order valence-electron chi connectivity index (χ2n) is 5.41. The summed E-state index contributed by atoms with van der Waals surface area (Å²) in [5.74, 6) is 0.418. The molecule has 0 amide bonds. The molecule has 1 atom stereocenters. The molecule has 1 aliphatic rings. The minimum Gasteiger partial charge on any atom is -0.369 e. The molecule has 1 saturated heterocycles. The van der Waals surface area contributed by atoms with E-state index >= 15 is 0 Å². The highest BCUT2D eigenvalue weighted by molar-refractivity contribution is 5.47. The zero-order chi connectivity index (χ0) is 13.3. The van der Waals surface area contributed by atoms with E-state index in [0.717, 1.165) is 24.5 Å². The Hall–Kier alpha value is -1.20. The number of nitrogens with zero attached hydrogens (tertiary/aromatic N) is 2. The van der Waals surface area contributed by atoms with Crippen LogP contribution >= 0.6 is 0 Å². The fourth-order valence-electron chi connectivity index (χ4n) is 2.52. The first-order valence-corrected chi connectivity index (χ1v) is 6.18. The van der Waals surface area contributed by atoms with Gasteiger partial charge in [0.05, 0.1) is 17.9 Å². The molecule has 1 aromatic heterocycles. The quantitative estimate of drug-likeness (QED) is 0.871. The van der Waals surface area contributed by atoms with E-state index in [0.29, 0.717) is 0 Å². The zero-order valence-electron chi connectivity index (χ0n) is 11.1. The zero-order valence-corrected chi connectivity index (χ0v) is 11.1. The topological polar surface area (TPSA) is 51.4 Å². The van der Waals surface area contributed by atoms with E-state index in [1.165, 1.54) is 12.3 Å². The Kier molecular flexibility index (Phi) is 3.54. The molecule has 0 radical (unpaired) electrons. The van der Waals surface area contributed by atoms with Crippen LogP contribution in [0.25, 0.3) is 0 Å². The van der Waals surface area contributed by atoms with Crippen molar-refractivity contribution < 1.29 is 9.13 Å². The number of morpholine rings is 1. The van der Waals surface area contributed by atoms with Crippen LogP contribution in [0, 0.1) is 5.82 Å². The van der Waals surface area contributed by atoms with Crippen molar-refractivity contribution in [2.24, 2.45) is 5.73 Å². The molecule has 4 nitrogen and oxygen atoms in total. The number of nitrogens with two attached hydrogens (primary N) is 1. The Bertz CT molecular complexity index is 436. The predicted octanol–water partition coefficient (Wildman–Crippen LogP) is 1.68. The molecule has 0 aromatic carbocycles. The van der Waals surface area contributed by atoms with Crippen LogP contribution in [0.5, 0.6) is 0 Å². The smallest absolute Gasteiger partial charge is 0.141 e. The van der Waals surface area contributed by atoms with E-state index in [1.54, 1.807) is 0 Å². The normalized spacial score (nSPS) is 23.2. The summed E-state index contributed by atoms with van der Waals surface area (Å²) < 4.78 is 19.0. The number of aromatic nitrogens is 1. The van der Waals surface area contributed by atoms with Crippen LogP contribution in [-0.2, 0) is 11.3 Å². The van der Waals surface area contributed by atoms with E-state index < -0.39 is 0 Å². The summed E-state index contributed by atoms with van der Waals surface area (Å²) >= 11 is 0. The predicted molar refractivity (Wildman–Crippen MR) is 68.9 cm³/mol. The van der Waals surface area contributed by atoms with Crippen molar-refractivity contribution >= 4 is 5.82 Å². The lowest BCUT2D eigenvalue weighted by Gasteiger charge is -2.42. The lowest BCUT2D eigenvalue weighted by atomic mass is 10.0. The molecular weight excluding hydrogens is 233 g/mol. The molecule has 18 heavy (non-hydrogen) atoms. The summed E-state index contributed by atoms with van der Waals surface area (Å²) in [7, 11) is 0. The van der Waals surface area contributed by atoms with Gasteiger partial charge in [-0.15, -0.1) is 0 Å². The number of ether oxygens (including phenoxy) is 1. The lowest BCUT2D eigenvalue weighted by Crippen LogP contribution is -2.52. The van der Waals surface area contributed by atoms with Crippen LogP contribution in [-0.4, -0.2) is 29.8 Å². The maximum atomic E-state index is 13.2. The third-order valence-electron chi connectivity index (χ3n) is 3.00. The molecule has 2 rings (SSSR count). The Balaban J connectivity index is 2.30. The molecule has 1 unspecified atom stereocenters. The minimum absolute atomic E-state index is 0.117. The van der Waals surface area contributed by atoms with Crippen molar-refractivity contribution in [3.8, 4) is 0 Å². The van der Waals surface area contributed by atoms with E-state index in [1.807, 2.05) is 20.8 Å². The van der Waals surface area contributed by atoms with Crippen LogP contribution in [0.15, 0.2) is 12.3 Å². The largest absolute Gasteiger partial charge is 0.369 e. The third-order valence-corrected chi connectivity index (χ3v) is 3.00. The van der Waals surface area contributed by atoms with Crippen molar-refractivity contribution in [3.05, 3.63) is 23.6 Å². The third kappa shape index (κ3) is 2.79. The summed E-state index contributed by atoms with van der Waals surface area (Å²) in [6.45, 7) is 7.87. The molecule has 0 aliphatic carbocycles. The SMILES string of the molecule is CC1CN(c2ncc(F)cc2CN)CC(C)(C)O1. The maximum Gasteiger partial charge on any atom is 0.141 e. The van der Waals surface area contributed by atoms with Gasteiger partial charge in [0.1, 0.15) is 11.6 Å². The highest BCUT2D eigenvalue weighted by Crippen LogP contribution is 2.27. The first kappa shape index (κ1) is 13.2. The van der Waals surface area contributed by atoms with Crippen molar-refractivity contribution in [2.75, 3.05) is 18.0 Å². The van der Waals surface area contributed by atoms with Crippen molar-refractivity contribution in [3.63, 3.8) is 0 Å².